The molecule has 18 heavy (non-hydrogen) atoms. The van der Waals surface area contributed by atoms with Crippen molar-refractivity contribution in [1.29, 1.82) is 0 Å². The number of fused-ring (bicyclic) bond motifs is 2. The number of hydrogen-bond donors (Lipinski definition) is 2. The van der Waals surface area contributed by atoms with E-state index in [-0.39, 0.29) is 24.4 Å². The smallest absolute Gasteiger partial charge is 0.237 e. The maximum Gasteiger partial charge on any atom is 0.237 e. The molecule has 4 nitrogen and oxygen atoms in total. The zero-order chi connectivity index (χ0) is 12.3. The summed E-state index contributed by atoms with van der Waals surface area (Å²) in [5, 5.41) is 6.64. The lowest BCUT2D eigenvalue weighted by Gasteiger charge is -2.29. The molecule has 2 N–H and O–H groups in total. The van der Waals surface area contributed by atoms with Gasteiger partial charge in [0.1, 0.15) is 0 Å². The summed E-state index contributed by atoms with van der Waals surface area (Å²) >= 11 is 0. The molecule has 0 radical (unpaired) electrons. The van der Waals surface area contributed by atoms with Gasteiger partial charge >= 0.3 is 0 Å². The number of rotatable bonds is 4. The molecule has 0 aromatic carbocycles. The first-order valence-corrected chi connectivity index (χ1v) is 6.98. The largest absolute Gasteiger partial charge is 0.355 e. The first kappa shape index (κ1) is 15.7. The molecule has 2 rings (SSSR count). The highest BCUT2D eigenvalue weighted by atomic mass is 35.5. The number of nitrogens with one attached hydrogen (secondary N) is 2. The van der Waals surface area contributed by atoms with Crippen LogP contribution in [-0.4, -0.2) is 48.6 Å². The fraction of sp³-hybridized carbons (Fsp3) is 0.923. The number of nitrogens with zero attached hydrogens (tertiary/aromatic N) is 1. The van der Waals surface area contributed by atoms with E-state index in [0.717, 1.165) is 26.1 Å². The number of likely N-dealkylation sites (tertiary alicyclic amines) is 1. The van der Waals surface area contributed by atoms with Crippen LogP contribution in [0.3, 0.4) is 0 Å². The molecule has 5 heteroatoms. The minimum atomic E-state index is 0. The molecule has 2 aliphatic heterocycles. The van der Waals surface area contributed by atoms with Crippen LogP contribution in [0.15, 0.2) is 0 Å². The molecule has 0 saturated carbocycles. The van der Waals surface area contributed by atoms with Gasteiger partial charge in [-0.1, -0.05) is 6.92 Å². The molecular weight excluding hydrogens is 250 g/mol. The predicted octanol–water partition coefficient (Wildman–Crippen LogP) is 1.15. The monoisotopic (exact) mass is 275 g/mol. The highest BCUT2D eigenvalue weighted by Gasteiger charge is 2.32. The average molecular weight is 276 g/mol. The predicted molar refractivity (Wildman–Crippen MR) is 76.1 cm³/mol. The highest BCUT2D eigenvalue weighted by molar-refractivity contribution is 5.85. The molecule has 2 aliphatic rings. The molecule has 0 aromatic rings. The van der Waals surface area contributed by atoms with Crippen molar-refractivity contribution in [2.75, 3.05) is 19.6 Å². The van der Waals surface area contributed by atoms with Gasteiger partial charge in [0.25, 0.3) is 0 Å². The first-order chi connectivity index (χ1) is 8.20. The molecule has 1 amide bonds. The Balaban J connectivity index is 0.00000162. The van der Waals surface area contributed by atoms with Crippen LogP contribution < -0.4 is 10.6 Å². The van der Waals surface area contributed by atoms with Gasteiger partial charge in [0.15, 0.2) is 0 Å². The van der Waals surface area contributed by atoms with Crippen LogP contribution >= 0.6 is 12.4 Å². The number of amides is 1. The Hall–Kier alpha value is -0.320. The molecular formula is C13H26ClN3O. The summed E-state index contributed by atoms with van der Waals surface area (Å²) in [7, 11) is 0. The Bertz CT molecular complexity index is 275. The second-order valence-electron chi connectivity index (χ2n) is 5.39. The number of carbonyl (C=O) groups excluding carboxylic acids is 1. The topological polar surface area (TPSA) is 44.4 Å². The fourth-order valence-corrected chi connectivity index (χ4v) is 2.88. The minimum Gasteiger partial charge on any atom is -0.355 e. The third-order valence-electron chi connectivity index (χ3n) is 4.03. The van der Waals surface area contributed by atoms with Crippen LogP contribution in [0.1, 0.15) is 39.5 Å². The lowest BCUT2D eigenvalue weighted by molar-refractivity contribution is -0.125. The summed E-state index contributed by atoms with van der Waals surface area (Å²) in [6.45, 7) is 6.98. The van der Waals surface area contributed by atoms with E-state index >= 15 is 0 Å². The number of carbonyl (C=O) groups is 1. The summed E-state index contributed by atoms with van der Waals surface area (Å²) in [5.74, 6) is 0.185. The molecule has 2 saturated heterocycles. The SMILES string of the molecule is CCCNC(=O)C(C)N1CCC2CCC(C1)N2.Cl. The van der Waals surface area contributed by atoms with E-state index in [1.165, 1.54) is 19.3 Å². The van der Waals surface area contributed by atoms with Gasteiger partial charge in [-0.3, -0.25) is 9.69 Å². The Morgan fingerprint density at radius 1 is 1.39 bits per heavy atom. The van der Waals surface area contributed by atoms with Crippen LogP contribution in [0.4, 0.5) is 0 Å². The second kappa shape index (κ2) is 7.31. The summed E-state index contributed by atoms with van der Waals surface area (Å²) in [6.07, 6.45) is 4.77. The maximum absolute atomic E-state index is 11.9. The zero-order valence-electron chi connectivity index (χ0n) is 11.4. The Kier molecular flexibility index (Phi) is 6.39. The van der Waals surface area contributed by atoms with Crippen molar-refractivity contribution in [3.63, 3.8) is 0 Å². The lowest BCUT2D eigenvalue weighted by Crippen LogP contribution is -2.48. The van der Waals surface area contributed by atoms with Crippen molar-refractivity contribution in [2.45, 2.75) is 57.7 Å². The fourth-order valence-electron chi connectivity index (χ4n) is 2.88. The Labute approximate surface area is 116 Å². The zero-order valence-corrected chi connectivity index (χ0v) is 12.3. The molecule has 2 bridgehead atoms. The molecule has 0 aliphatic carbocycles. The minimum absolute atomic E-state index is 0. The molecule has 2 heterocycles. The standard InChI is InChI=1S/C13H25N3O.ClH/c1-3-7-14-13(17)10(2)16-8-6-11-4-5-12(9-16)15-11;/h10-12,15H,3-9H2,1-2H3,(H,14,17);1H. The van der Waals surface area contributed by atoms with E-state index < -0.39 is 0 Å². The van der Waals surface area contributed by atoms with Crippen LogP contribution in [0.5, 0.6) is 0 Å². The Morgan fingerprint density at radius 2 is 2.11 bits per heavy atom. The van der Waals surface area contributed by atoms with E-state index in [0.29, 0.717) is 12.1 Å². The average Bonchev–Trinajstić information content (AvgIpc) is 2.65. The van der Waals surface area contributed by atoms with Gasteiger partial charge < -0.3 is 10.6 Å². The van der Waals surface area contributed by atoms with Gasteiger partial charge in [0.05, 0.1) is 6.04 Å². The van der Waals surface area contributed by atoms with Crippen molar-refractivity contribution < 1.29 is 4.79 Å². The summed E-state index contributed by atoms with van der Waals surface area (Å²) in [5.41, 5.74) is 0. The number of halogens is 1. The normalized spacial score (nSPS) is 29.2. The van der Waals surface area contributed by atoms with Crippen LogP contribution in [-0.2, 0) is 4.79 Å². The van der Waals surface area contributed by atoms with E-state index in [1.807, 2.05) is 6.92 Å². The first-order valence-electron chi connectivity index (χ1n) is 6.98. The van der Waals surface area contributed by atoms with Crippen LogP contribution in [0, 0.1) is 0 Å². The summed E-state index contributed by atoms with van der Waals surface area (Å²) in [4.78, 5) is 14.3. The third-order valence-corrected chi connectivity index (χ3v) is 4.03. The lowest BCUT2D eigenvalue weighted by atomic mass is 10.1. The quantitative estimate of drug-likeness (QED) is 0.809. The van der Waals surface area contributed by atoms with Crippen LogP contribution in [0.25, 0.3) is 0 Å². The van der Waals surface area contributed by atoms with Crippen molar-refractivity contribution in [2.24, 2.45) is 0 Å². The second-order valence-corrected chi connectivity index (χ2v) is 5.39. The molecule has 106 valence electrons. The molecule has 3 atom stereocenters. The highest BCUT2D eigenvalue weighted by Crippen LogP contribution is 2.21. The summed E-state index contributed by atoms with van der Waals surface area (Å²) in [6, 6.07) is 1.31. The summed E-state index contributed by atoms with van der Waals surface area (Å²) < 4.78 is 0. The van der Waals surface area contributed by atoms with Crippen molar-refractivity contribution >= 4 is 18.3 Å². The van der Waals surface area contributed by atoms with Gasteiger partial charge in [0.2, 0.25) is 5.91 Å². The van der Waals surface area contributed by atoms with Gasteiger partial charge in [-0.2, -0.15) is 0 Å². The van der Waals surface area contributed by atoms with Gasteiger partial charge in [0, 0.05) is 31.7 Å². The van der Waals surface area contributed by atoms with Crippen molar-refractivity contribution in [1.82, 2.24) is 15.5 Å². The number of hydrogen-bond acceptors (Lipinski definition) is 3. The van der Waals surface area contributed by atoms with E-state index in [9.17, 15) is 4.79 Å². The Morgan fingerprint density at radius 3 is 2.83 bits per heavy atom. The van der Waals surface area contributed by atoms with E-state index in [4.69, 9.17) is 0 Å². The molecule has 0 spiro atoms. The van der Waals surface area contributed by atoms with Crippen LogP contribution in [0.2, 0.25) is 0 Å². The molecule has 2 fully saturated rings. The van der Waals surface area contributed by atoms with Gasteiger partial charge in [-0.25, -0.2) is 0 Å². The van der Waals surface area contributed by atoms with Crippen molar-refractivity contribution in [3.8, 4) is 0 Å². The van der Waals surface area contributed by atoms with Crippen molar-refractivity contribution in [3.05, 3.63) is 0 Å². The van der Waals surface area contributed by atoms with Gasteiger partial charge in [-0.15, -0.1) is 12.4 Å². The molecule has 0 aromatic heterocycles. The molecule has 3 unspecified atom stereocenters. The maximum atomic E-state index is 11.9. The third kappa shape index (κ3) is 3.84. The van der Waals surface area contributed by atoms with Gasteiger partial charge in [-0.05, 0) is 32.6 Å². The van der Waals surface area contributed by atoms with E-state index in [1.54, 1.807) is 0 Å². The van der Waals surface area contributed by atoms with E-state index in [2.05, 4.69) is 22.5 Å².